The first kappa shape index (κ1) is 11.7. The minimum atomic E-state index is -0.314. The summed E-state index contributed by atoms with van der Waals surface area (Å²) in [6.45, 7) is 2.94. The number of rotatable bonds is 5. The molecule has 0 N–H and O–H groups in total. The van der Waals surface area contributed by atoms with E-state index in [-0.39, 0.29) is 12.4 Å². The van der Waals surface area contributed by atoms with Gasteiger partial charge in [0.2, 0.25) is 0 Å². The first-order chi connectivity index (χ1) is 7.27. The molecule has 15 heavy (non-hydrogen) atoms. The van der Waals surface area contributed by atoms with Crippen LogP contribution in [-0.2, 0) is 11.3 Å². The molecule has 0 fully saturated rings. The van der Waals surface area contributed by atoms with E-state index in [1.807, 2.05) is 6.07 Å². The molecule has 0 amide bonds. The maximum Gasteiger partial charge on any atom is 0.128 e. The number of benzene rings is 1. The van der Waals surface area contributed by atoms with Crippen LogP contribution in [0.2, 0.25) is 0 Å². The minimum absolute atomic E-state index is 0.237. The first-order valence-electron chi connectivity index (χ1n) is 5.04. The minimum Gasteiger partial charge on any atom is -0.377 e. The molecule has 0 aliphatic rings. The van der Waals surface area contributed by atoms with Crippen molar-refractivity contribution in [3.8, 4) is 6.07 Å². The summed E-state index contributed by atoms with van der Waals surface area (Å²) in [6.07, 6.45) is 2.03. The van der Waals surface area contributed by atoms with Crippen molar-refractivity contribution in [1.29, 1.82) is 5.26 Å². The normalized spacial score (nSPS) is 9.93. The van der Waals surface area contributed by atoms with Crippen LogP contribution in [0.15, 0.2) is 18.2 Å². The average molecular weight is 207 g/mol. The zero-order chi connectivity index (χ0) is 11.1. The Bertz CT molecular complexity index is 357. The molecule has 0 aliphatic carbocycles. The monoisotopic (exact) mass is 207 g/mol. The SMILES string of the molecule is CCCCOCc1cc(C#N)ccc1F. The molecular formula is C12H14FNO. The van der Waals surface area contributed by atoms with E-state index in [1.54, 1.807) is 0 Å². The van der Waals surface area contributed by atoms with Gasteiger partial charge in [0.25, 0.3) is 0 Å². The van der Waals surface area contributed by atoms with Gasteiger partial charge in [-0.05, 0) is 24.6 Å². The van der Waals surface area contributed by atoms with E-state index in [9.17, 15) is 4.39 Å². The van der Waals surface area contributed by atoms with Gasteiger partial charge in [-0.2, -0.15) is 5.26 Å². The van der Waals surface area contributed by atoms with Crippen LogP contribution in [0.5, 0.6) is 0 Å². The number of hydrogen-bond acceptors (Lipinski definition) is 2. The summed E-state index contributed by atoms with van der Waals surface area (Å²) in [5, 5.41) is 8.65. The van der Waals surface area contributed by atoms with Gasteiger partial charge in [-0.1, -0.05) is 13.3 Å². The Balaban J connectivity index is 2.56. The maximum absolute atomic E-state index is 13.2. The molecule has 0 saturated carbocycles. The molecule has 3 heteroatoms. The van der Waals surface area contributed by atoms with E-state index in [1.165, 1.54) is 18.2 Å². The van der Waals surface area contributed by atoms with Gasteiger partial charge in [0.05, 0.1) is 18.2 Å². The molecule has 0 saturated heterocycles. The zero-order valence-electron chi connectivity index (χ0n) is 8.79. The summed E-state index contributed by atoms with van der Waals surface area (Å²) >= 11 is 0. The highest BCUT2D eigenvalue weighted by Gasteiger charge is 2.03. The fourth-order valence-corrected chi connectivity index (χ4v) is 1.18. The van der Waals surface area contributed by atoms with Gasteiger partial charge in [0.15, 0.2) is 0 Å². The Labute approximate surface area is 89.3 Å². The van der Waals surface area contributed by atoms with Crippen molar-refractivity contribution in [1.82, 2.24) is 0 Å². The molecule has 2 nitrogen and oxygen atoms in total. The lowest BCUT2D eigenvalue weighted by Gasteiger charge is -2.04. The third-order valence-corrected chi connectivity index (χ3v) is 2.07. The quantitative estimate of drug-likeness (QED) is 0.695. The molecule has 0 atom stereocenters. The van der Waals surface area contributed by atoms with Crippen molar-refractivity contribution in [2.75, 3.05) is 6.61 Å². The molecule has 80 valence electrons. The van der Waals surface area contributed by atoms with Crippen LogP contribution in [0.4, 0.5) is 4.39 Å². The lowest BCUT2D eigenvalue weighted by molar-refractivity contribution is 0.115. The van der Waals surface area contributed by atoms with Gasteiger partial charge in [-0.15, -0.1) is 0 Å². The number of nitriles is 1. The van der Waals surface area contributed by atoms with Crippen molar-refractivity contribution in [2.24, 2.45) is 0 Å². The van der Waals surface area contributed by atoms with E-state index >= 15 is 0 Å². The van der Waals surface area contributed by atoms with E-state index in [0.29, 0.717) is 17.7 Å². The van der Waals surface area contributed by atoms with Crippen LogP contribution in [0, 0.1) is 17.1 Å². The Morgan fingerprint density at radius 3 is 2.93 bits per heavy atom. The summed E-state index contributed by atoms with van der Waals surface area (Å²) in [4.78, 5) is 0. The number of ether oxygens (including phenoxy) is 1. The molecule has 1 aromatic rings. The molecular weight excluding hydrogens is 193 g/mol. The van der Waals surface area contributed by atoms with Crippen LogP contribution in [0.1, 0.15) is 30.9 Å². The van der Waals surface area contributed by atoms with Crippen molar-refractivity contribution in [2.45, 2.75) is 26.4 Å². The van der Waals surface area contributed by atoms with Gasteiger partial charge in [-0.3, -0.25) is 0 Å². The average Bonchev–Trinajstić information content (AvgIpc) is 2.26. The number of nitrogens with zero attached hydrogens (tertiary/aromatic N) is 1. The summed E-state index contributed by atoms with van der Waals surface area (Å²) in [7, 11) is 0. The Morgan fingerprint density at radius 1 is 1.47 bits per heavy atom. The third kappa shape index (κ3) is 3.69. The van der Waals surface area contributed by atoms with Crippen LogP contribution in [0.3, 0.4) is 0 Å². The third-order valence-electron chi connectivity index (χ3n) is 2.07. The summed E-state index contributed by atoms with van der Waals surface area (Å²) in [6, 6.07) is 6.27. The largest absolute Gasteiger partial charge is 0.377 e. The first-order valence-corrected chi connectivity index (χ1v) is 5.04. The van der Waals surface area contributed by atoms with Crippen molar-refractivity contribution in [3.63, 3.8) is 0 Å². The molecule has 0 spiro atoms. The standard InChI is InChI=1S/C12H14FNO/c1-2-3-6-15-9-11-7-10(8-14)4-5-12(11)13/h4-5,7H,2-3,6,9H2,1H3. The van der Waals surface area contributed by atoms with Crippen molar-refractivity contribution >= 4 is 0 Å². The molecule has 0 bridgehead atoms. The van der Waals surface area contributed by atoms with Crippen LogP contribution >= 0.6 is 0 Å². The molecule has 0 unspecified atom stereocenters. The number of halogens is 1. The van der Waals surface area contributed by atoms with E-state index in [0.717, 1.165) is 12.8 Å². The highest BCUT2D eigenvalue weighted by Crippen LogP contribution is 2.11. The molecule has 0 aromatic heterocycles. The van der Waals surface area contributed by atoms with Crippen LogP contribution in [-0.4, -0.2) is 6.61 Å². The lowest BCUT2D eigenvalue weighted by atomic mass is 10.1. The van der Waals surface area contributed by atoms with Gasteiger partial charge in [0.1, 0.15) is 5.82 Å². The molecule has 0 heterocycles. The molecule has 0 radical (unpaired) electrons. The van der Waals surface area contributed by atoms with Gasteiger partial charge in [0, 0.05) is 12.2 Å². The van der Waals surface area contributed by atoms with Gasteiger partial charge >= 0.3 is 0 Å². The summed E-state index contributed by atoms with van der Waals surface area (Å²) < 4.78 is 18.5. The van der Waals surface area contributed by atoms with Crippen LogP contribution in [0.25, 0.3) is 0 Å². The topological polar surface area (TPSA) is 33.0 Å². The predicted molar refractivity (Wildman–Crippen MR) is 55.7 cm³/mol. The van der Waals surface area contributed by atoms with Gasteiger partial charge < -0.3 is 4.74 Å². The second kappa shape index (κ2) is 6.15. The summed E-state index contributed by atoms with van der Waals surface area (Å²) in [5.41, 5.74) is 0.913. The number of hydrogen-bond donors (Lipinski definition) is 0. The van der Waals surface area contributed by atoms with Gasteiger partial charge in [-0.25, -0.2) is 4.39 Å². The smallest absolute Gasteiger partial charge is 0.128 e. The van der Waals surface area contributed by atoms with Crippen molar-refractivity contribution < 1.29 is 9.13 Å². The van der Waals surface area contributed by atoms with Crippen LogP contribution < -0.4 is 0 Å². The second-order valence-corrected chi connectivity index (χ2v) is 3.32. The van der Waals surface area contributed by atoms with E-state index in [4.69, 9.17) is 10.00 Å². The second-order valence-electron chi connectivity index (χ2n) is 3.32. The summed E-state index contributed by atoms with van der Waals surface area (Å²) in [5.74, 6) is -0.314. The highest BCUT2D eigenvalue weighted by molar-refractivity contribution is 5.33. The van der Waals surface area contributed by atoms with E-state index in [2.05, 4.69) is 6.92 Å². The lowest BCUT2D eigenvalue weighted by Crippen LogP contribution is -1.98. The molecule has 1 aromatic carbocycles. The number of unbranched alkanes of at least 4 members (excludes halogenated alkanes) is 1. The molecule has 1 rings (SSSR count). The molecule has 0 aliphatic heterocycles. The van der Waals surface area contributed by atoms with Crippen molar-refractivity contribution in [3.05, 3.63) is 35.1 Å². The fraction of sp³-hybridized carbons (Fsp3) is 0.417. The Hall–Kier alpha value is -1.40. The zero-order valence-corrected chi connectivity index (χ0v) is 8.79. The fourth-order valence-electron chi connectivity index (χ4n) is 1.18. The van der Waals surface area contributed by atoms with E-state index < -0.39 is 0 Å². The predicted octanol–water partition coefficient (Wildman–Crippen LogP) is 3.01. The maximum atomic E-state index is 13.2. The Kier molecular flexibility index (Phi) is 4.79. The highest BCUT2D eigenvalue weighted by atomic mass is 19.1. The Morgan fingerprint density at radius 2 is 2.27 bits per heavy atom.